The Hall–Kier alpha value is -1.14. The van der Waals surface area contributed by atoms with Crippen molar-refractivity contribution in [2.24, 2.45) is 11.7 Å². The first-order valence-corrected chi connectivity index (χ1v) is 6.42. The highest BCUT2D eigenvalue weighted by Gasteiger charge is 2.32. The van der Waals surface area contributed by atoms with Crippen LogP contribution in [0.1, 0.15) is 19.8 Å². The smallest absolute Gasteiger partial charge is 0.244 e. The SMILES string of the molecule is CCC(CN)CC(=O)N1CCOCC1C(=O)NC. The number of nitrogens with two attached hydrogens (primary N) is 1. The van der Waals surface area contributed by atoms with Crippen LogP contribution in [0.3, 0.4) is 0 Å². The highest BCUT2D eigenvalue weighted by molar-refractivity contribution is 5.87. The Kier molecular flexibility index (Phi) is 6.07. The van der Waals surface area contributed by atoms with Crippen LogP contribution in [-0.2, 0) is 14.3 Å². The molecule has 2 amide bonds. The number of nitrogens with zero attached hydrogens (tertiary/aromatic N) is 1. The average molecular weight is 257 g/mol. The lowest BCUT2D eigenvalue weighted by atomic mass is 10.0. The number of hydrogen-bond acceptors (Lipinski definition) is 4. The molecule has 1 heterocycles. The summed E-state index contributed by atoms with van der Waals surface area (Å²) in [5.74, 6) is -0.00118. The van der Waals surface area contributed by atoms with Crippen LogP contribution >= 0.6 is 0 Å². The molecule has 2 atom stereocenters. The van der Waals surface area contributed by atoms with E-state index in [4.69, 9.17) is 10.5 Å². The zero-order valence-corrected chi connectivity index (χ0v) is 11.1. The minimum absolute atomic E-state index is 0.01000. The van der Waals surface area contributed by atoms with Crippen molar-refractivity contribution in [3.8, 4) is 0 Å². The lowest BCUT2D eigenvalue weighted by Gasteiger charge is -2.35. The third kappa shape index (κ3) is 3.68. The molecule has 0 bridgehead atoms. The molecule has 104 valence electrons. The molecular formula is C12H23N3O3. The van der Waals surface area contributed by atoms with Crippen molar-refractivity contribution in [2.75, 3.05) is 33.4 Å². The Morgan fingerprint density at radius 1 is 1.56 bits per heavy atom. The fourth-order valence-electron chi connectivity index (χ4n) is 2.04. The number of carbonyl (C=O) groups excluding carboxylic acids is 2. The highest BCUT2D eigenvalue weighted by Crippen LogP contribution is 2.14. The average Bonchev–Trinajstić information content (AvgIpc) is 2.43. The lowest BCUT2D eigenvalue weighted by Crippen LogP contribution is -2.55. The molecule has 1 saturated heterocycles. The van der Waals surface area contributed by atoms with E-state index in [9.17, 15) is 9.59 Å². The van der Waals surface area contributed by atoms with Gasteiger partial charge in [-0.15, -0.1) is 0 Å². The summed E-state index contributed by atoms with van der Waals surface area (Å²) in [7, 11) is 1.56. The van der Waals surface area contributed by atoms with E-state index in [-0.39, 0.29) is 24.3 Å². The van der Waals surface area contributed by atoms with Crippen molar-refractivity contribution in [1.82, 2.24) is 10.2 Å². The van der Waals surface area contributed by atoms with Crippen molar-refractivity contribution in [2.45, 2.75) is 25.8 Å². The number of likely N-dealkylation sites (N-methyl/N-ethyl adjacent to an activating group) is 1. The zero-order chi connectivity index (χ0) is 13.5. The van der Waals surface area contributed by atoms with Gasteiger partial charge in [-0.2, -0.15) is 0 Å². The van der Waals surface area contributed by atoms with Gasteiger partial charge in [0.15, 0.2) is 0 Å². The minimum Gasteiger partial charge on any atom is -0.377 e. The Morgan fingerprint density at radius 3 is 2.83 bits per heavy atom. The predicted octanol–water partition coefficient (Wildman–Crippen LogP) is -0.665. The maximum absolute atomic E-state index is 12.2. The summed E-state index contributed by atoms with van der Waals surface area (Å²) >= 11 is 0. The molecule has 3 N–H and O–H groups in total. The van der Waals surface area contributed by atoms with Crippen molar-refractivity contribution < 1.29 is 14.3 Å². The summed E-state index contributed by atoms with van der Waals surface area (Å²) in [4.78, 5) is 25.5. The molecular weight excluding hydrogens is 234 g/mol. The highest BCUT2D eigenvalue weighted by atomic mass is 16.5. The van der Waals surface area contributed by atoms with Gasteiger partial charge in [-0.3, -0.25) is 9.59 Å². The molecule has 1 aliphatic rings. The van der Waals surface area contributed by atoms with E-state index >= 15 is 0 Å². The van der Waals surface area contributed by atoms with E-state index in [1.165, 1.54) is 0 Å². The van der Waals surface area contributed by atoms with Crippen LogP contribution in [0, 0.1) is 5.92 Å². The molecule has 1 aliphatic heterocycles. The molecule has 0 aliphatic carbocycles. The van der Waals surface area contributed by atoms with Crippen LogP contribution in [0.15, 0.2) is 0 Å². The number of carbonyl (C=O) groups is 2. The van der Waals surface area contributed by atoms with Gasteiger partial charge >= 0.3 is 0 Å². The second-order valence-electron chi connectivity index (χ2n) is 4.51. The molecule has 0 spiro atoms. The summed E-state index contributed by atoms with van der Waals surface area (Å²) in [6, 6.07) is -0.508. The quantitative estimate of drug-likeness (QED) is 0.684. The van der Waals surface area contributed by atoms with Gasteiger partial charge in [-0.25, -0.2) is 0 Å². The van der Waals surface area contributed by atoms with Crippen molar-refractivity contribution in [3.05, 3.63) is 0 Å². The molecule has 1 rings (SSSR count). The van der Waals surface area contributed by atoms with Gasteiger partial charge in [0.2, 0.25) is 11.8 Å². The molecule has 0 saturated carbocycles. The summed E-state index contributed by atoms with van der Waals surface area (Å²) in [5.41, 5.74) is 5.61. The van der Waals surface area contributed by atoms with Crippen molar-refractivity contribution in [1.29, 1.82) is 0 Å². The maximum atomic E-state index is 12.2. The molecule has 0 aromatic heterocycles. The number of hydrogen-bond donors (Lipinski definition) is 2. The summed E-state index contributed by atoms with van der Waals surface area (Å²) in [6.07, 6.45) is 1.28. The summed E-state index contributed by atoms with van der Waals surface area (Å²) < 4.78 is 5.26. The van der Waals surface area contributed by atoms with E-state index < -0.39 is 6.04 Å². The van der Waals surface area contributed by atoms with Crippen LogP contribution in [0.25, 0.3) is 0 Å². The number of rotatable bonds is 5. The predicted molar refractivity (Wildman–Crippen MR) is 67.8 cm³/mol. The Bertz CT molecular complexity index is 292. The third-order valence-electron chi connectivity index (χ3n) is 3.37. The Balaban J connectivity index is 2.65. The summed E-state index contributed by atoms with van der Waals surface area (Å²) in [6.45, 7) is 3.74. The zero-order valence-electron chi connectivity index (χ0n) is 11.1. The van der Waals surface area contributed by atoms with Crippen LogP contribution < -0.4 is 11.1 Å². The van der Waals surface area contributed by atoms with E-state index in [1.54, 1.807) is 11.9 Å². The van der Waals surface area contributed by atoms with Gasteiger partial charge in [0.05, 0.1) is 13.2 Å². The fraction of sp³-hybridized carbons (Fsp3) is 0.833. The number of nitrogens with one attached hydrogen (secondary N) is 1. The normalized spacial score (nSPS) is 21.5. The number of morpholine rings is 1. The van der Waals surface area contributed by atoms with E-state index in [0.29, 0.717) is 26.1 Å². The molecule has 6 heteroatoms. The van der Waals surface area contributed by atoms with Gasteiger partial charge in [0, 0.05) is 20.0 Å². The van der Waals surface area contributed by atoms with Crippen LogP contribution in [0.4, 0.5) is 0 Å². The van der Waals surface area contributed by atoms with Gasteiger partial charge in [-0.05, 0) is 12.5 Å². The van der Waals surface area contributed by atoms with Gasteiger partial charge in [0.25, 0.3) is 0 Å². The maximum Gasteiger partial charge on any atom is 0.244 e. The van der Waals surface area contributed by atoms with Crippen molar-refractivity contribution >= 4 is 11.8 Å². The largest absolute Gasteiger partial charge is 0.377 e. The van der Waals surface area contributed by atoms with Gasteiger partial charge < -0.3 is 20.7 Å². The molecule has 1 fully saturated rings. The lowest BCUT2D eigenvalue weighted by molar-refractivity contribution is -0.149. The fourth-order valence-corrected chi connectivity index (χ4v) is 2.04. The van der Waals surface area contributed by atoms with E-state index in [1.807, 2.05) is 6.92 Å². The van der Waals surface area contributed by atoms with Crippen molar-refractivity contribution in [3.63, 3.8) is 0 Å². The second-order valence-corrected chi connectivity index (χ2v) is 4.51. The Labute approximate surface area is 108 Å². The van der Waals surface area contributed by atoms with Crippen LogP contribution in [0.2, 0.25) is 0 Å². The summed E-state index contributed by atoms with van der Waals surface area (Å²) in [5, 5.41) is 2.56. The molecule has 18 heavy (non-hydrogen) atoms. The second kappa shape index (κ2) is 7.33. The van der Waals surface area contributed by atoms with E-state index in [0.717, 1.165) is 6.42 Å². The molecule has 6 nitrogen and oxygen atoms in total. The first kappa shape index (κ1) is 14.9. The van der Waals surface area contributed by atoms with Crippen LogP contribution in [-0.4, -0.2) is 56.1 Å². The third-order valence-corrected chi connectivity index (χ3v) is 3.37. The minimum atomic E-state index is -0.508. The molecule has 0 aromatic rings. The van der Waals surface area contributed by atoms with E-state index in [2.05, 4.69) is 5.32 Å². The Morgan fingerprint density at radius 2 is 2.28 bits per heavy atom. The monoisotopic (exact) mass is 257 g/mol. The van der Waals surface area contributed by atoms with Gasteiger partial charge in [0.1, 0.15) is 6.04 Å². The number of ether oxygens (including phenoxy) is 1. The standard InChI is InChI=1S/C12H23N3O3/c1-3-9(7-13)6-11(16)15-4-5-18-8-10(15)12(17)14-2/h9-10H,3-8,13H2,1-2H3,(H,14,17). The first-order valence-electron chi connectivity index (χ1n) is 6.42. The van der Waals surface area contributed by atoms with Gasteiger partial charge in [-0.1, -0.05) is 13.3 Å². The number of amides is 2. The first-order chi connectivity index (χ1) is 8.63. The topological polar surface area (TPSA) is 84.7 Å². The molecule has 0 radical (unpaired) electrons. The molecule has 0 aromatic carbocycles. The van der Waals surface area contributed by atoms with Crippen LogP contribution in [0.5, 0.6) is 0 Å². The molecule has 2 unspecified atom stereocenters.